The highest BCUT2D eigenvalue weighted by atomic mass is 35.5. The van der Waals surface area contributed by atoms with Crippen molar-refractivity contribution in [2.75, 3.05) is 10.2 Å². The number of halogens is 1. The Hall–Kier alpha value is -3.23. The zero-order valence-electron chi connectivity index (χ0n) is 20.4. The molecule has 0 radical (unpaired) electrons. The van der Waals surface area contributed by atoms with Crippen LogP contribution in [0.3, 0.4) is 0 Å². The highest BCUT2D eigenvalue weighted by Gasteiger charge is 2.46. The minimum atomic E-state index is 0.670. The second kappa shape index (κ2) is 9.01. The fourth-order valence-corrected chi connectivity index (χ4v) is 7.53. The number of nitrogens with zero attached hydrogens (tertiary/aromatic N) is 1. The van der Waals surface area contributed by atoms with Crippen molar-refractivity contribution in [1.29, 1.82) is 0 Å². The Bertz CT molecular complexity index is 1300. The van der Waals surface area contributed by atoms with E-state index < -0.39 is 0 Å². The van der Waals surface area contributed by atoms with Crippen molar-refractivity contribution >= 4 is 28.7 Å². The van der Waals surface area contributed by atoms with Crippen molar-refractivity contribution < 1.29 is 0 Å². The van der Waals surface area contributed by atoms with Crippen molar-refractivity contribution in [2.45, 2.75) is 44.2 Å². The first-order valence-corrected chi connectivity index (χ1v) is 13.7. The number of hydrogen-bond acceptors (Lipinski definition) is 2. The second-order valence-electron chi connectivity index (χ2n) is 10.9. The molecule has 0 unspecified atom stereocenters. The van der Waals surface area contributed by atoms with E-state index in [1.165, 1.54) is 60.0 Å². The van der Waals surface area contributed by atoms with Crippen LogP contribution in [0.15, 0.2) is 97.1 Å². The molecule has 0 spiro atoms. The van der Waals surface area contributed by atoms with E-state index >= 15 is 0 Å². The standard InChI is InChI=1S/C33H31ClN2/c34-26-19-27(21-30(20-26)36-28-15-22-14-23(17-28)18-29(36)16-22)35-33-31(24-8-3-1-4-9-24)12-7-13-32(33)25-10-5-2-6-11-25/h1-13,19-23,28-29,35H,14-18H2. The zero-order valence-corrected chi connectivity index (χ0v) is 21.2. The Kier molecular flexibility index (Phi) is 5.51. The van der Waals surface area contributed by atoms with E-state index in [0.717, 1.165) is 28.2 Å². The molecule has 4 aliphatic rings. The van der Waals surface area contributed by atoms with Crippen LogP contribution in [0.25, 0.3) is 22.3 Å². The minimum Gasteiger partial charge on any atom is -0.365 e. The lowest BCUT2D eigenvalue weighted by Gasteiger charge is -2.57. The lowest BCUT2D eigenvalue weighted by molar-refractivity contribution is 0.0900. The summed E-state index contributed by atoms with van der Waals surface area (Å²) < 4.78 is 0. The normalized spacial score (nSPS) is 24.2. The molecule has 0 atom stereocenters. The molecule has 4 fully saturated rings. The molecule has 8 rings (SSSR count). The molecule has 0 aromatic heterocycles. The molecular weight excluding hydrogens is 460 g/mol. The third kappa shape index (κ3) is 3.98. The maximum absolute atomic E-state index is 6.78. The number of nitrogens with one attached hydrogen (secondary N) is 1. The molecule has 2 aliphatic carbocycles. The molecule has 1 N–H and O–H groups in total. The SMILES string of the molecule is Clc1cc(Nc2c(-c3ccccc3)cccc2-c2ccccc2)cc(N2C3CC4CC(C3)CC2C4)c1. The average molecular weight is 491 g/mol. The van der Waals surface area contributed by atoms with E-state index in [9.17, 15) is 0 Å². The van der Waals surface area contributed by atoms with Crippen molar-refractivity contribution in [2.24, 2.45) is 11.8 Å². The predicted octanol–water partition coefficient (Wildman–Crippen LogP) is 9.18. The Morgan fingerprint density at radius 1 is 0.611 bits per heavy atom. The van der Waals surface area contributed by atoms with Gasteiger partial charge in [0.15, 0.2) is 0 Å². The summed E-state index contributed by atoms with van der Waals surface area (Å²) in [5.74, 6) is 1.87. The summed E-state index contributed by atoms with van der Waals surface area (Å²) in [7, 11) is 0. The summed E-state index contributed by atoms with van der Waals surface area (Å²) in [6, 6.07) is 35.7. The van der Waals surface area contributed by atoms with Crippen LogP contribution >= 0.6 is 11.6 Å². The summed E-state index contributed by atoms with van der Waals surface area (Å²) in [5, 5.41) is 4.62. The number of anilines is 3. The minimum absolute atomic E-state index is 0.670. The maximum Gasteiger partial charge on any atom is 0.0543 e. The van der Waals surface area contributed by atoms with E-state index in [-0.39, 0.29) is 0 Å². The number of para-hydroxylation sites is 1. The first-order chi connectivity index (χ1) is 17.7. The summed E-state index contributed by atoms with van der Waals surface area (Å²) >= 11 is 6.78. The summed E-state index contributed by atoms with van der Waals surface area (Å²) in [6.07, 6.45) is 6.84. The van der Waals surface area contributed by atoms with E-state index in [2.05, 4.69) is 107 Å². The van der Waals surface area contributed by atoms with Crippen LogP contribution in [-0.4, -0.2) is 12.1 Å². The topological polar surface area (TPSA) is 15.3 Å². The molecule has 2 saturated carbocycles. The van der Waals surface area contributed by atoms with Crippen LogP contribution in [0.5, 0.6) is 0 Å². The average Bonchev–Trinajstić information content (AvgIpc) is 2.89. The van der Waals surface area contributed by atoms with Crippen molar-refractivity contribution in [1.82, 2.24) is 0 Å². The quantitative estimate of drug-likeness (QED) is 0.300. The van der Waals surface area contributed by atoms with Gasteiger partial charge in [0.2, 0.25) is 0 Å². The first kappa shape index (κ1) is 22.0. The Morgan fingerprint density at radius 3 is 1.72 bits per heavy atom. The summed E-state index contributed by atoms with van der Waals surface area (Å²) in [5.41, 5.74) is 8.21. The molecule has 2 nitrogen and oxygen atoms in total. The van der Waals surface area contributed by atoms with E-state index in [1.54, 1.807) is 0 Å². The zero-order chi connectivity index (χ0) is 24.1. The molecule has 0 amide bonds. The molecule has 2 saturated heterocycles. The van der Waals surface area contributed by atoms with Gasteiger partial charge in [0, 0.05) is 39.6 Å². The first-order valence-electron chi connectivity index (χ1n) is 13.3. The van der Waals surface area contributed by atoms with Crippen molar-refractivity contribution in [3.8, 4) is 22.3 Å². The van der Waals surface area contributed by atoms with Gasteiger partial charge < -0.3 is 10.2 Å². The van der Waals surface area contributed by atoms with E-state index in [0.29, 0.717) is 12.1 Å². The van der Waals surface area contributed by atoms with Crippen LogP contribution in [0.4, 0.5) is 17.1 Å². The Morgan fingerprint density at radius 2 is 1.17 bits per heavy atom. The van der Waals surface area contributed by atoms with Gasteiger partial charge in [-0.2, -0.15) is 0 Å². The van der Waals surface area contributed by atoms with Crippen molar-refractivity contribution in [3.63, 3.8) is 0 Å². The molecule has 4 aromatic carbocycles. The van der Waals surface area contributed by atoms with Gasteiger partial charge in [-0.1, -0.05) is 90.5 Å². The fraction of sp³-hybridized carbons (Fsp3) is 0.273. The number of piperidine rings is 2. The maximum atomic E-state index is 6.78. The van der Waals surface area contributed by atoms with Gasteiger partial charge in [0.05, 0.1) is 5.69 Å². The molecule has 36 heavy (non-hydrogen) atoms. The van der Waals surface area contributed by atoms with Gasteiger partial charge in [0.25, 0.3) is 0 Å². The summed E-state index contributed by atoms with van der Waals surface area (Å²) in [4.78, 5) is 2.71. The third-order valence-corrected chi connectivity index (χ3v) is 8.78. The van der Waals surface area contributed by atoms with E-state index in [1.807, 2.05) is 0 Å². The molecular formula is C33H31ClN2. The molecule has 2 heterocycles. The molecule has 4 aromatic rings. The van der Waals surface area contributed by atoms with Gasteiger partial charge in [-0.05, 0) is 73.3 Å². The highest BCUT2D eigenvalue weighted by molar-refractivity contribution is 6.31. The van der Waals surface area contributed by atoms with Crippen LogP contribution in [0.2, 0.25) is 5.02 Å². The van der Waals surface area contributed by atoms with Crippen LogP contribution in [-0.2, 0) is 0 Å². The smallest absolute Gasteiger partial charge is 0.0543 e. The van der Waals surface area contributed by atoms with E-state index in [4.69, 9.17) is 11.6 Å². The van der Waals surface area contributed by atoms with Crippen LogP contribution in [0, 0.1) is 11.8 Å². The number of benzene rings is 4. The van der Waals surface area contributed by atoms with Gasteiger partial charge in [-0.15, -0.1) is 0 Å². The summed E-state index contributed by atoms with van der Waals surface area (Å²) in [6.45, 7) is 0. The van der Waals surface area contributed by atoms with Gasteiger partial charge >= 0.3 is 0 Å². The largest absolute Gasteiger partial charge is 0.365 e. The molecule has 2 aliphatic heterocycles. The Labute approximate surface area is 218 Å². The third-order valence-electron chi connectivity index (χ3n) is 8.56. The molecule has 3 heteroatoms. The molecule has 4 bridgehead atoms. The predicted molar refractivity (Wildman–Crippen MR) is 152 cm³/mol. The number of hydrogen-bond donors (Lipinski definition) is 1. The lowest BCUT2D eigenvalue weighted by atomic mass is 9.63. The Balaban J connectivity index is 1.31. The van der Waals surface area contributed by atoms with Gasteiger partial charge in [0.1, 0.15) is 0 Å². The monoisotopic (exact) mass is 490 g/mol. The highest BCUT2D eigenvalue weighted by Crippen LogP contribution is 2.51. The fourth-order valence-electron chi connectivity index (χ4n) is 7.30. The van der Waals surface area contributed by atoms with Gasteiger partial charge in [-0.25, -0.2) is 0 Å². The van der Waals surface area contributed by atoms with Crippen LogP contribution in [0.1, 0.15) is 32.1 Å². The van der Waals surface area contributed by atoms with Crippen molar-refractivity contribution in [3.05, 3.63) is 102 Å². The van der Waals surface area contributed by atoms with Gasteiger partial charge in [-0.3, -0.25) is 0 Å². The molecule has 180 valence electrons. The second-order valence-corrected chi connectivity index (χ2v) is 11.3. The lowest BCUT2D eigenvalue weighted by Crippen LogP contribution is -2.58. The van der Waals surface area contributed by atoms with Crippen LogP contribution < -0.4 is 10.2 Å². The number of rotatable bonds is 5.